The van der Waals surface area contributed by atoms with E-state index in [4.69, 9.17) is 5.11 Å². The fraction of sp³-hybridized carbons (Fsp3) is 0.308. The number of aliphatic hydroxyl groups excluding tert-OH is 1. The van der Waals surface area contributed by atoms with Crippen LogP contribution in [0.25, 0.3) is 0 Å². The van der Waals surface area contributed by atoms with Crippen molar-refractivity contribution in [1.82, 2.24) is 4.90 Å². The first kappa shape index (κ1) is 17.0. The molecule has 0 heterocycles. The van der Waals surface area contributed by atoms with E-state index in [9.17, 15) is 22.4 Å². The summed E-state index contributed by atoms with van der Waals surface area (Å²) in [5, 5.41) is 11.0. The van der Waals surface area contributed by atoms with E-state index in [1.54, 1.807) is 0 Å². The van der Waals surface area contributed by atoms with Crippen LogP contribution in [0, 0.1) is 5.82 Å². The molecular weight excluding hydrogens is 292 g/mol. The highest BCUT2D eigenvalue weighted by Gasteiger charge is 2.34. The minimum Gasteiger partial charge on any atom is -0.395 e. The Morgan fingerprint density at radius 2 is 2.10 bits per heavy atom. The summed E-state index contributed by atoms with van der Waals surface area (Å²) >= 11 is 0. The van der Waals surface area contributed by atoms with Gasteiger partial charge in [0.1, 0.15) is 5.82 Å². The van der Waals surface area contributed by atoms with Crippen LogP contribution in [0.4, 0.5) is 28.0 Å². The van der Waals surface area contributed by atoms with Gasteiger partial charge in [-0.3, -0.25) is 0 Å². The molecule has 1 aromatic rings. The van der Waals surface area contributed by atoms with Crippen molar-refractivity contribution < 1.29 is 27.5 Å². The van der Waals surface area contributed by atoms with Gasteiger partial charge in [-0.1, -0.05) is 6.08 Å². The highest BCUT2D eigenvalue weighted by atomic mass is 19.4. The van der Waals surface area contributed by atoms with E-state index in [0.29, 0.717) is 12.1 Å². The Balaban J connectivity index is 2.92. The molecule has 0 saturated carbocycles. The van der Waals surface area contributed by atoms with Crippen LogP contribution in [-0.2, 0) is 6.18 Å². The number of carbonyl (C=O) groups excluding carboxylic acids is 1. The maximum Gasteiger partial charge on any atom is 0.419 e. The fourth-order valence-electron chi connectivity index (χ4n) is 1.58. The Hall–Kier alpha value is -2.09. The molecule has 116 valence electrons. The lowest BCUT2D eigenvalue weighted by atomic mass is 10.2. The third-order valence-corrected chi connectivity index (χ3v) is 2.53. The van der Waals surface area contributed by atoms with Gasteiger partial charge in [0.2, 0.25) is 0 Å². The molecule has 1 aromatic carbocycles. The van der Waals surface area contributed by atoms with Crippen LogP contribution in [0.3, 0.4) is 0 Å². The van der Waals surface area contributed by atoms with E-state index in [1.165, 1.54) is 6.08 Å². The maximum atomic E-state index is 13.1. The number of alkyl halides is 3. The largest absolute Gasteiger partial charge is 0.419 e. The lowest BCUT2D eigenvalue weighted by Gasteiger charge is -2.21. The molecule has 2 amide bonds. The van der Waals surface area contributed by atoms with Crippen molar-refractivity contribution in [2.75, 3.05) is 25.0 Å². The fourth-order valence-corrected chi connectivity index (χ4v) is 1.58. The number of carbonyl (C=O) groups is 1. The van der Waals surface area contributed by atoms with Gasteiger partial charge in [-0.25, -0.2) is 9.18 Å². The van der Waals surface area contributed by atoms with Gasteiger partial charge in [-0.05, 0) is 18.2 Å². The molecule has 0 aliphatic carbocycles. The van der Waals surface area contributed by atoms with E-state index in [2.05, 4.69) is 11.9 Å². The zero-order chi connectivity index (χ0) is 16.0. The van der Waals surface area contributed by atoms with E-state index < -0.39 is 23.6 Å². The second-order valence-corrected chi connectivity index (χ2v) is 4.08. The summed E-state index contributed by atoms with van der Waals surface area (Å²) < 4.78 is 50.8. The second kappa shape index (κ2) is 7.07. The van der Waals surface area contributed by atoms with Gasteiger partial charge in [-0.15, -0.1) is 6.58 Å². The van der Waals surface area contributed by atoms with Crippen molar-refractivity contribution in [2.45, 2.75) is 6.18 Å². The number of hydrogen-bond donors (Lipinski definition) is 2. The topological polar surface area (TPSA) is 52.6 Å². The Morgan fingerprint density at radius 1 is 1.43 bits per heavy atom. The maximum absolute atomic E-state index is 13.1. The van der Waals surface area contributed by atoms with Crippen molar-refractivity contribution in [3.8, 4) is 0 Å². The van der Waals surface area contributed by atoms with Gasteiger partial charge in [-0.2, -0.15) is 13.2 Å². The number of halogens is 4. The third kappa shape index (κ3) is 4.75. The van der Waals surface area contributed by atoms with Gasteiger partial charge in [0.25, 0.3) is 0 Å². The van der Waals surface area contributed by atoms with Gasteiger partial charge in [0.15, 0.2) is 0 Å². The van der Waals surface area contributed by atoms with Crippen LogP contribution >= 0.6 is 0 Å². The van der Waals surface area contributed by atoms with Crippen molar-refractivity contribution in [3.63, 3.8) is 0 Å². The monoisotopic (exact) mass is 306 g/mol. The molecular formula is C13H14F4N2O2. The first-order chi connectivity index (χ1) is 9.79. The summed E-state index contributed by atoms with van der Waals surface area (Å²) in [5.74, 6) is -1.42. The molecule has 0 unspecified atom stereocenters. The number of hydrogen-bond acceptors (Lipinski definition) is 2. The van der Waals surface area contributed by atoms with Crippen LogP contribution < -0.4 is 5.32 Å². The Morgan fingerprint density at radius 3 is 2.62 bits per heavy atom. The number of nitrogens with one attached hydrogen (secondary N) is 1. The van der Waals surface area contributed by atoms with Crippen LogP contribution in [0.1, 0.15) is 5.56 Å². The SMILES string of the molecule is C=CCN(CCO)C(=O)Nc1ccc(F)c(C(F)(F)F)c1. The zero-order valence-corrected chi connectivity index (χ0v) is 11.0. The molecule has 0 aromatic heterocycles. The molecule has 0 radical (unpaired) electrons. The molecule has 1 rings (SSSR count). The van der Waals surface area contributed by atoms with Crippen LogP contribution in [0.15, 0.2) is 30.9 Å². The summed E-state index contributed by atoms with van der Waals surface area (Å²) in [4.78, 5) is 13.0. The van der Waals surface area contributed by atoms with Crippen LogP contribution in [0.5, 0.6) is 0 Å². The number of anilines is 1. The predicted octanol–water partition coefficient (Wildman–Crippen LogP) is 2.86. The normalized spacial score (nSPS) is 11.1. The lowest BCUT2D eigenvalue weighted by Crippen LogP contribution is -2.37. The summed E-state index contributed by atoms with van der Waals surface area (Å²) in [6.45, 7) is 3.22. The molecule has 0 spiro atoms. The van der Waals surface area contributed by atoms with E-state index in [-0.39, 0.29) is 25.4 Å². The Labute approximate surface area is 118 Å². The number of benzene rings is 1. The van der Waals surface area contributed by atoms with Gasteiger partial charge in [0.05, 0.1) is 12.2 Å². The smallest absolute Gasteiger partial charge is 0.395 e. The molecule has 0 aliphatic heterocycles. The molecule has 21 heavy (non-hydrogen) atoms. The Kier molecular flexibility index (Phi) is 5.71. The van der Waals surface area contributed by atoms with Crippen molar-refractivity contribution in [3.05, 3.63) is 42.2 Å². The van der Waals surface area contributed by atoms with Crippen molar-refractivity contribution >= 4 is 11.7 Å². The number of urea groups is 1. The summed E-state index contributed by atoms with van der Waals surface area (Å²) in [7, 11) is 0. The number of aliphatic hydroxyl groups is 1. The van der Waals surface area contributed by atoms with E-state index in [0.717, 1.165) is 11.0 Å². The summed E-state index contributed by atoms with van der Waals surface area (Å²) in [6.07, 6.45) is -3.45. The van der Waals surface area contributed by atoms with E-state index >= 15 is 0 Å². The molecule has 0 bridgehead atoms. The number of nitrogens with zero attached hydrogens (tertiary/aromatic N) is 1. The average Bonchev–Trinajstić information content (AvgIpc) is 2.39. The zero-order valence-electron chi connectivity index (χ0n) is 11.0. The average molecular weight is 306 g/mol. The highest BCUT2D eigenvalue weighted by Crippen LogP contribution is 2.33. The van der Waals surface area contributed by atoms with Gasteiger partial charge < -0.3 is 15.3 Å². The van der Waals surface area contributed by atoms with Crippen LogP contribution in [0.2, 0.25) is 0 Å². The summed E-state index contributed by atoms with van der Waals surface area (Å²) in [6, 6.07) is 1.44. The minimum absolute atomic E-state index is 0.00875. The molecule has 0 aliphatic rings. The first-order valence-corrected chi connectivity index (χ1v) is 5.94. The van der Waals surface area contributed by atoms with Gasteiger partial charge >= 0.3 is 12.2 Å². The molecule has 2 N–H and O–H groups in total. The van der Waals surface area contributed by atoms with Crippen molar-refractivity contribution in [1.29, 1.82) is 0 Å². The first-order valence-electron chi connectivity index (χ1n) is 5.94. The molecule has 8 heteroatoms. The standard InChI is InChI=1S/C13H14F4N2O2/c1-2-5-19(6-7-20)12(21)18-9-3-4-11(14)10(8-9)13(15,16)17/h2-4,8,20H,1,5-7H2,(H,18,21). The Bertz CT molecular complexity index is 517. The molecule has 4 nitrogen and oxygen atoms in total. The number of rotatable bonds is 5. The lowest BCUT2D eigenvalue weighted by molar-refractivity contribution is -0.139. The minimum atomic E-state index is -4.85. The van der Waals surface area contributed by atoms with Crippen molar-refractivity contribution in [2.24, 2.45) is 0 Å². The van der Waals surface area contributed by atoms with E-state index in [1.807, 2.05) is 0 Å². The van der Waals surface area contributed by atoms with Gasteiger partial charge in [0, 0.05) is 18.8 Å². The number of amides is 2. The summed E-state index contributed by atoms with van der Waals surface area (Å²) in [5.41, 5.74) is -1.65. The molecule has 0 fully saturated rings. The third-order valence-electron chi connectivity index (χ3n) is 2.53. The second-order valence-electron chi connectivity index (χ2n) is 4.08. The predicted molar refractivity (Wildman–Crippen MR) is 69.3 cm³/mol. The highest BCUT2D eigenvalue weighted by molar-refractivity contribution is 5.89. The molecule has 0 atom stereocenters. The quantitative estimate of drug-likeness (QED) is 0.649. The molecule has 0 saturated heterocycles. The van der Waals surface area contributed by atoms with Crippen LogP contribution in [-0.4, -0.2) is 35.7 Å².